The Morgan fingerprint density at radius 1 is 1.03 bits per heavy atom. The fourth-order valence-corrected chi connectivity index (χ4v) is 3.98. The van der Waals surface area contributed by atoms with Crippen LogP contribution in [0.25, 0.3) is 5.69 Å². The normalized spacial score (nSPS) is 13.3. The van der Waals surface area contributed by atoms with Gasteiger partial charge in [0.05, 0.1) is 17.8 Å². The SMILES string of the molecule is CC(NC(=O)CSc1nnc(C(C)N(C)C)n1-c1ccc(Cl)cc1)c1ccc(Cl)cc1. The highest BCUT2D eigenvalue weighted by Crippen LogP contribution is 2.27. The van der Waals surface area contributed by atoms with Gasteiger partial charge in [0.25, 0.3) is 0 Å². The average Bonchev–Trinajstić information content (AvgIpc) is 3.16. The van der Waals surface area contributed by atoms with Gasteiger partial charge < -0.3 is 5.32 Å². The summed E-state index contributed by atoms with van der Waals surface area (Å²) in [6.45, 7) is 4.00. The molecule has 2 unspecified atom stereocenters. The van der Waals surface area contributed by atoms with E-state index in [0.717, 1.165) is 17.1 Å². The maximum Gasteiger partial charge on any atom is 0.230 e. The highest BCUT2D eigenvalue weighted by Gasteiger charge is 2.22. The molecule has 1 N–H and O–H groups in total. The number of benzene rings is 2. The number of hydrogen-bond donors (Lipinski definition) is 1. The summed E-state index contributed by atoms with van der Waals surface area (Å²) in [5.74, 6) is 0.935. The molecule has 2 aromatic carbocycles. The lowest BCUT2D eigenvalue weighted by molar-refractivity contribution is -0.119. The number of thioether (sulfide) groups is 1. The average molecular weight is 478 g/mol. The molecule has 3 rings (SSSR count). The standard InChI is InChI=1S/C22H25Cl2N5OS/c1-14(16-5-7-17(23)8-6-16)25-20(30)13-31-22-27-26-21(15(2)28(3)4)29(22)19-11-9-18(24)10-12-19/h5-12,14-15H,13H2,1-4H3,(H,25,30). The van der Waals surface area contributed by atoms with Crippen molar-refractivity contribution < 1.29 is 4.79 Å². The van der Waals surface area contributed by atoms with Gasteiger partial charge >= 0.3 is 0 Å². The Kier molecular flexibility index (Phi) is 8.00. The minimum Gasteiger partial charge on any atom is -0.349 e. The molecule has 164 valence electrons. The summed E-state index contributed by atoms with van der Waals surface area (Å²) in [5, 5.41) is 13.8. The molecule has 0 aliphatic carbocycles. The van der Waals surface area contributed by atoms with Crippen molar-refractivity contribution in [2.45, 2.75) is 31.1 Å². The molecule has 0 radical (unpaired) electrons. The van der Waals surface area contributed by atoms with Crippen molar-refractivity contribution >= 4 is 40.9 Å². The summed E-state index contributed by atoms with van der Waals surface area (Å²) in [7, 11) is 3.98. The number of nitrogens with one attached hydrogen (secondary N) is 1. The molecular formula is C22H25Cl2N5OS. The number of rotatable bonds is 8. The number of aromatic nitrogens is 3. The van der Waals surface area contributed by atoms with Gasteiger partial charge in [-0.1, -0.05) is 47.1 Å². The van der Waals surface area contributed by atoms with Gasteiger partial charge in [-0.2, -0.15) is 0 Å². The van der Waals surface area contributed by atoms with E-state index in [1.165, 1.54) is 11.8 Å². The summed E-state index contributed by atoms with van der Waals surface area (Å²) >= 11 is 13.4. The lowest BCUT2D eigenvalue weighted by atomic mass is 10.1. The minimum absolute atomic E-state index is 0.0382. The molecule has 9 heteroatoms. The molecular weight excluding hydrogens is 453 g/mol. The molecule has 3 aromatic rings. The zero-order valence-corrected chi connectivity index (χ0v) is 20.2. The third kappa shape index (κ3) is 6.01. The van der Waals surface area contributed by atoms with E-state index in [1.807, 2.05) is 74.1 Å². The van der Waals surface area contributed by atoms with Crippen LogP contribution in [0.1, 0.15) is 37.3 Å². The summed E-state index contributed by atoms with van der Waals surface area (Å²) in [6.07, 6.45) is 0. The van der Waals surface area contributed by atoms with Crippen LogP contribution in [-0.4, -0.2) is 45.4 Å². The van der Waals surface area contributed by atoms with Crippen LogP contribution in [0.15, 0.2) is 53.7 Å². The third-order valence-electron chi connectivity index (χ3n) is 4.97. The van der Waals surface area contributed by atoms with Gasteiger partial charge in [0.15, 0.2) is 11.0 Å². The molecule has 6 nitrogen and oxygen atoms in total. The van der Waals surface area contributed by atoms with Crippen LogP contribution in [0.3, 0.4) is 0 Å². The van der Waals surface area contributed by atoms with Gasteiger partial charge in [0, 0.05) is 15.7 Å². The van der Waals surface area contributed by atoms with E-state index < -0.39 is 0 Å². The van der Waals surface area contributed by atoms with Crippen molar-refractivity contribution in [2.24, 2.45) is 0 Å². The van der Waals surface area contributed by atoms with E-state index in [4.69, 9.17) is 23.2 Å². The van der Waals surface area contributed by atoms with Crippen molar-refractivity contribution in [1.29, 1.82) is 0 Å². The molecule has 1 aromatic heterocycles. The van der Waals surface area contributed by atoms with Crippen LogP contribution in [0.2, 0.25) is 10.0 Å². The molecule has 0 fully saturated rings. The van der Waals surface area contributed by atoms with Crippen molar-refractivity contribution in [3.05, 3.63) is 70.0 Å². The Morgan fingerprint density at radius 3 is 2.19 bits per heavy atom. The zero-order valence-electron chi connectivity index (χ0n) is 17.8. The number of nitrogens with zero attached hydrogens (tertiary/aromatic N) is 4. The molecule has 0 aliphatic rings. The quantitative estimate of drug-likeness (QED) is 0.453. The lowest BCUT2D eigenvalue weighted by Crippen LogP contribution is -2.28. The summed E-state index contributed by atoms with van der Waals surface area (Å²) in [4.78, 5) is 14.6. The van der Waals surface area contributed by atoms with Crippen molar-refractivity contribution in [1.82, 2.24) is 25.0 Å². The maximum absolute atomic E-state index is 12.6. The van der Waals surface area contributed by atoms with E-state index >= 15 is 0 Å². The maximum atomic E-state index is 12.6. The molecule has 0 bridgehead atoms. The van der Waals surface area contributed by atoms with Crippen LogP contribution < -0.4 is 5.32 Å². The number of carbonyl (C=O) groups excluding carboxylic acids is 1. The van der Waals surface area contributed by atoms with Gasteiger partial charge in [-0.25, -0.2) is 0 Å². The number of carbonyl (C=O) groups is 1. The van der Waals surface area contributed by atoms with E-state index in [0.29, 0.717) is 15.2 Å². The van der Waals surface area contributed by atoms with E-state index in [1.54, 1.807) is 0 Å². The second kappa shape index (κ2) is 10.5. The lowest BCUT2D eigenvalue weighted by Gasteiger charge is -2.20. The summed E-state index contributed by atoms with van der Waals surface area (Å²) in [5.41, 5.74) is 1.89. The Balaban J connectivity index is 1.75. The molecule has 31 heavy (non-hydrogen) atoms. The first-order valence-electron chi connectivity index (χ1n) is 9.81. The first-order chi connectivity index (χ1) is 14.8. The predicted molar refractivity (Wildman–Crippen MR) is 127 cm³/mol. The van der Waals surface area contributed by atoms with E-state index in [-0.39, 0.29) is 23.7 Å². The Labute approximate surface area is 196 Å². The van der Waals surface area contributed by atoms with Gasteiger partial charge in [-0.15, -0.1) is 10.2 Å². The molecule has 0 saturated carbocycles. The van der Waals surface area contributed by atoms with E-state index in [9.17, 15) is 4.79 Å². The minimum atomic E-state index is -0.121. The Morgan fingerprint density at radius 2 is 1.61 bits per heavy atom. The van der Waals surface area contributed by atoms with E-state index in [2.05, 4.69) is 27.3 Å². The van der Waals surface area contributed by atoms with Crippen molar-refractivity contribution in [2.75, 3.05) is 19.8 Å². The zero-order chi connectivity index (χ0) is 22.5. The van der Waals surface area contributed by atoms with Crippen LogP contribution in [-0.2, 0) is 4.79 Å². The summed E-state index contributed by atoms with van der Waals surface area (Å²) < 4.78 is 1.97. The number of halogens is 2. The second-order valence-electron chi connectivity index (χ2n) is 7.42. The molecule has 0 aliphatic heterocycles. The van der Waals surface area contributed by atoms with Gasteiger partial charge in [0.1, 0.15) is 0 Å². The monoisotopic (exact) mass is 477 g/mol. The van der Waals surface area contributed by atoms with Crippen LogP contribution in [0.4, 0.5) is 0 Å². The molecule has 0 spiro atoms. The largest absolute Gasteiger partial charge is 0.349 e. The van der Waals surface area contributed by atoms with Crippen molar-refractivity contribution in [3.8, 4) is 5.69 Å². The fraction of sp³-hybridized carbons (Fsp3) is 0.318. The molecule has 1 amide bonds. The highest BCUT2D eigenvalue weighted by atomic mass is 35.5. The summed E-state index contributed by atoms with van der Waals surface area (Å²) in [6, 6.07) is 14.9. The Bertz CT molecular complexity index is 1020. The Hall–Kier alpha value is -2.06. The van der Waals surface area contributed by atoms with Crippen molar-refractivity contribution in [3.63, 3.8) is 0 Å². The topological polar surface area (TPSA) is 63.1 Å². The van der Waals surface area contributed by atoms with Gasteiger partial charge in [-0.3, -0.25) is 14.3 Å². The first-order valence-corrected chi connectivity index (χ1v) is 11.6. The molecule has 2 atom stereocenters. The first kappa shape index (κ1) is 23.6. The molecule has 0 saturated heterocycles. The molecule has 1 heterocycles. The van der Waals surface area contributed by atoms with Gasteiger partial charge in [0.2, 0.25) is 5.91 Å². The van der Waals surface area contributed by atoms with Gasteiger partial charge in [-0.05, 0) is 69.9 Å². The number of amides is 1. The second-order valence-corrected chi connectivity index (χ2v) is 9.24. The number of hydrogen-bond acceptors (Lipinski definition) is 5. The van der Waals surface area contributed by atoms with Crippen LogP contribution in [0, 0.1) is 0 Å². The fourth-order valence-electron chi connectivity index (χ4n) is 2.96. The van der Waals surface area contributed by atoms with Crippen LogP contribution in [0.5, 0.6) is 0 Å². The predicted octanol–water partition coefficient (Wildman–Crippen LogP) is 5.17. The van der Waals surface area contributed by atoms with Crippen LogP contribution >= 0.6 is 35.0 Å². The third-order valence-corrected chi connectivity index (χ3v) is 6.40. The highest BCUT2D eigenvalue weighted by molar-refractivity contribution is 7.99. The smallest absolute Gasteiger partial charge is 0.230 e.